The van der Waals surface area contributed by atoms with Crippen molar-refractivity contribution in [1.29, 1.82) is 0 Å². The number of nitrogens with one attached hydrogen (secondary N) is 1. The normalized spacial score (nSPS) is 23.8. The Balaban J connectivity index is 1.72. The van der Waals surface area contributed by atoms with E-state index in [9.17, 15) is 0 Å². The molecule has 2 fully saturated rings. The molecule has 2 heterocycles. The van der Waals surface area contributed by atoms with Gasteiger partial charge in [0.15, 0.2) is 4.77 Å². The maximum Gasteiger partial charge on any atom is 0.226 e. The Labute approximate surface area is 118 Å². The summed E-state index contributed by atoms with van der Waals surface area (Å²) >= 11 is 5.34. The number of H-pyrrole nitrogens is 1. The molecule has 5 nitrogen and oxygen atoms in total. The highest BCUT2D eigenvalue weighted by Crippen LogP contribution is 2.38. The minimum absolute atomic E-state index is 0.339. The molecular weight excluding hydrogens is 260 g/mol. The van der Waals surface area contributed by atoms with E-state index < -0.39 is 0 Å². The number of hydrogen-bond donors (Lipinski definition) is 1. The third-order valence-electron chi connectivity index (χ3n) is 3.82. The Hall–Kier alpha value is -0.880. The van der Waals surface area contributed by atoms with Gasteiger partial charge in [-0.3, -0.25) is 4.57 Å². The van der Waals surface area contributed by atoms with Crippen LogP contribution >= 0.6 is 12.2 Å². The lowest BCUT2D eigenvalue weighted by Crippen LogP contribution is -2.41. The average molecular weight is 282 g/mol. The van der Waals surface area contributed by atoms with E-state index in [2.05, 4.69) is 26.6 Å². The highest BCUT2D eigenvalue weighted by Gasteiger charge is 2.31. The van der Waals surface area contributed by atoms with Crippen LogP contribution in [0.2, 0.25) is 0 Å². The molecule has 0 amide bonds. The second kappa shape index (κ2) is 5.63. The van der Waals surface area contributed by atoms with Crippen molar-refractivity contribution >= 4 is 18.2 Å². The fourth-order valence-electron chi connectivity index (χ4n) is 2.72. The maximum atomic E-state index is 5.89. The van der Waals surface area contributed by atoms with E-state index in [1.165, 1.54) is 19.3 Å². The molecule has 0 radical (unpaired) electrons. The summed E-state index contributed by atoms with van der Waals surface area (Å²) in [6, 6.07) is 0.568. The monoisotopic (exact) mass is 282 g/mol. The van der Waals surface area contributed by atoms with Crippen LogP contribution in [0.3, 0.4) is 0 Å². The van der Waals surface area contributed by atoms with Crippen LogP contribution in [-0.4, -0.2) is 40.6 Å². The largest absolute Gasteiger partial charge is 0.376 e. The molecule has 19 heavy (non-hydrogen) atoms. The number of rotatable bonds is 5. The molecule has 0 bridgehead atoms. The summed E-state index contributed by atoms with van der Waals surface area (Å²) in [6.07, 6.45) is 6.20. The van der Waals surface area contributed by atoms with Crippen molar-refractivity contribution in [3.63, 3.8) is 0 Å². The summed E-state index contributed by atoms with van der Waals surface area (Å²) in [5, 5.41) is 7.38. The van der Waals surface area contributed by atoms with Crippen molar-refractivity contribution in [2.45, 2.75) is 51.2 Å². The zero-order valence-corrected chi connectivity index (χ0v) is 12.3. The molecule has 1 aromatic heterocycles. The van der Waals surface area contributed by atoms with Crippen molar-refractivity contribution < 1.29 is 4.74 Å². The summed E-state index contributed by atoms with van der Waals surface area (Å²) in [7, 11) is 0. The molecular formula is C13H22N4OS. The number of piperidine rings is 1. The first-order chi connectivity index (χ1) is 9.29. The van der Waals surface area contributed by atoms with E-state index in [0.29, 0.717) is 12.1 Å². The van der Waals surface area contributed by atoms with Crippen molar-refractivity contribution in [2.24, 2.45) is 0 Å². The average Bonchev–Trinajstić information content (AvgIpc) is 3.19. The second-order valence-corrected chi connectivity index (χ2v) is 5.90. The van der Waals surface area contributed by atoms with Crippen LogP contribution in [0.5, 0.6) is 0 Å². The van der Waals surface area contributed by atoms with Gasteiger partial charge in [-0.15, -0.1) is 5.10 Å². The first kappa shape index (κ1) is 13.1. The van der Waals surface area contributed by atoms with Crippen molar-refractivity contribution in [1.82, 2.24) is 14.8 Å². The zero-order chi connectivity index (χ0) is 13.2. The molecule has 1 N–H and O–H groups in total. The first-order valence-electron chi connectivity index (χ1n) is 7.33. The predicted octanol–water partition coefficient (Wildman–Crippen LogP) is 2.67. The van der Waals surface area contributed by atoms with Gasteiger partial charge in [0, 0.05) is 25.7 Å². The number of aromatic nitrogens is 3. The van der Waals surface area contributed by atoms with Gasteiger partial charge in [0.25, 0.3) is 0 Å². The van der Waals surface area contributed by atoms with Gasteiger partial charge in [0.2, 0.25) is 5.95 Å². The van der Waals surface area contributed by atoms with E-state index in [1.807, 2.05) is 0 Å². The molecule has 1 unspecified atom stereocenters. The molecule has 1 aliphatic heterocycles. The van der Waals surface area contributed by atoms with E-state index in [4.69, 9.17) is 17.0 Å². The first-order valence-corrected chi connectivity index (χ1v) is 7.74. The van der Waals surface area contributed by atoms with E-state index >= 15 is 0 Å². The lowest BCUT2D eigenvalue weighted by atomic mass is 10.1. The van der Waals surface area contributed by atoms with Crippen LogP contribution < -0.4 is 4.90 Å². The van der Waals surface area contributed by atoms with Gasteiger partial charge in [-0.2, -0.15) is 0 Å². The van der Waals surface area contributed by atoms with Crippen LogP contribution in [0.1, 0.15) is 45.1 Å². The van der Waals surface area contributed by atoms with Crippen LogP contribution in [0.15, 0.2) is 0 Å². The Bertz CT molecular complexity index is 479. The number of nitrogens with zero attached hydrogens (tertiary/aromatic N) is 3. The Morgan fingerprint density at radius 1 is 1.42 bits per heavy atom. The van der Waals surface area contributed by atoms with Gasteiger partial charge < -0.3 is 9.64 Å². The third kappa shape index (κ3) is 2.84. The lowest BCUT2D eigenvalue weighted by molar-refractivity contribution is 0.0436. The fourth-order valence-corrected chi connectivity index (χ4v) is 3.00. The van der Waals surface area contributed by atoms with E-state index in [-0.39, 0.29) is 0 Å². The molecule has 0 spiro atoms. The minimum atomic E-state index is 0.339. The molecule has 3 rings (SSSR count). The van der Waals surface area contributed by atoms with Gasteiger partial charge in [-0.1, -0.05) is 6.92 Å². The standard InChI is InChI=1S/C13H22N4OS/c1-2-8-18-11-4-3-7-16(9-11)12-14-15-13(19)17(12)10-5-6-10/h10-11H,2-9H2,1H3,(H,15,19). The quantitative estimate of drug-likeness (QED) is 0.843. The van der Waals surface area contributed by atoms with E-state index in [1.54, 1.807) is 0 Å². The number of aromatic amines is 1. The molecule has 2 aliphatic rings. The number of anilines is 1. The summed E-state index contributed by atoms with van der Waals surface area (Å²) in [4.78, 5) is 2.33. The Morgan fingerprint density at radius 2 is 2.26 bits per heavy atom. The topological polar surface area (TPSA) is 46.1 Å². The molecule has 6 heteroatoms. The highest BCUT2D eigenvalue weighted by molar-refractivity contribution is 7.71. The summed E-state index contributed by atoms with van der Waals surface area (Å²) in [6.45, 7) is 5.00. The molecule has 1 aromatic rings. The lowest BCUT2D eigenvalue weighted by Gasteiger charge is -2.33. The Kier molecular flexibility index (Phi) is 3.88. The van der Waals surface area contributed by atoms with Crippen LogP contribution in [0, 0.1) is 4.77 Å². The van der Waals surface area contributed by atoms with Gasteiger partial charge in [-0.05, 0) is 44.3 Å². The van der Waals surface area contributed by atoms with Crippen LogP contribution in [-0.2, 0) is 4.74 Å². The SMILES string of the molecule is CCCOC1CCCN(c2n[nH]c(=S)n2C2CC2)C1. The highest BCUT2D eigenvalue weighted by atomic mass is 32.1. The van der Waals surface area contributed by atoms with Crippen molar-refractivity contribution in [3.05, 3.63) is 4.77 Å². The summed E-state index contributed by atoms with van der Waals surface area (Å²) in [5.74, 6) is 1.01. The Morgan fingerprint density at radius 3 is 3.00 bits per heavy atom. The third-order valence-corrected chi connectivity index (χ3v) is 4.10. The van der Waals surface area contributed by atoms with E-state index in [0.717, 1.165) is 43.3 Å². The molecule has 1 saturated carbocycles. The van der Waals surface area contributed by atoms with Gasteiger partial charge in [-0.25, -0.2) is 5.10 Å². The molecule has 1 atom stereocenters. The molecule has 1 saturated heterocycles. The number of hydrogen-bond acceptors (Lipinski definition) is 4. The van der Waals surface area contributed by atoms with Gasteiger partial charge in [0.05, 0.1) is 6.10 Å². The smallest absolute Gasteiger partial charge is 0.226 e. The van der Waals surface area contributed by atoms with Crippen LogP contribution in [0.4, 0.5) is 5.95 Å². The molecule has 106 valence electrons. The zero-order valence-electron chi connectivity index (χ0n) is 11.5. The van der Waals surface area contributed by atoms with Crippen LogP contribution in [0.25, 0.3) is 0 Å². The predicted molar refractivity (Wildman–Crippen MR) is 77.2 cm³/mol. The van der Waals surface area contributed by atoms with Gasteiger partial charge >= 0.3 is 0 Å². The number of ether oxygens (including phenoxy) is 1. The van der Waals surface area contributed by atoms with Gasteiger partial charge in [0.1, 0.15) is 0 Å². The summed E-state index contributed by atoms with van der Waals surface area (Å²) < 4.78 is 8.84. The fraction of sp³-hybridized carbons (Fsp3) is 0.846. The minimum Gasteiger partial charge on any atom is -0.376 e. The second-order valence-electron chi connectivity index (χ2n) is 5.51. The summed E-state index contributed by atoms with van der Waals surface area (Å²) in [5.41, 5.74) is 0. The van der Waals surface area contributed by atoms with Crippen molar-refractivity contribution in [2.75, 3.05) is 24.6 Å². The maximum absolute atomic E-state index is 5.89. The molecule has 0 aromatic carbocycles. The van der Waals surface area contributed by atoms with Crippen molar-refractivity contribution in [3.8, 4) is 0 Å². The molecule has 1 aliphatic carbocycles.